The number of hydroxylamine groups is 1. The van der Waals surface area contributed by atoms with Gasteiger partial charge < -0.3 is 0 Å². The summed E-state index contributed by atoms with van der Waals surface area (Å²) in [4.78, 5) is 17.1. The lowest BCUT2D eigenvalue weighted by molar-refractivity contribution is -0.124. The molecule has 0 saturated heterocycles. The zero-order chi connectivity index (χ0) is 18.4. The molecular formula is C15H13Cl2N3O4S. The molecule has 2 heterocycles. The van der Waals surface area contributed by atoms with Crippen LogP contribution in [0.2, 0.25) is 5.02 Å². The Kier molecular flexibility index (Phi) is 4.63. The minimum Gasteiger partial charge on any atom is -0.272 e. The van der Waals surface area contributed by atoms with Gasteiger partial charge >= 0.3 is 0 Å². The molecule has 0 aliphatic carbocycles. The maximum atomic E-state index is 12.1. The van der Waals surface area contributed by atoms with Crippen LogP contribution in [-0.2, 0) is 19.5 Å². The summed E-state index contributed by atoms with van der Waals surface area (Å²) in [5.41, 5.74) is 3.79. The van der Waals surface area contributed by atoms with Crippen LogP contribution in [0.5, 0.6) is 0 Å². The van der Waals surface area contributed by atoms with Crippen molar-refractivity contribution in [2.45, 2.75) is 4.90 Å². The minimum atomic E-state index is -3.56. The van der Waals surface area contributed by atoms with Gasteiger partial charge in [0.25, 0.3) is 5.91 Å². The molecule has 1 aromatic rings. The largest absolute Gasteiger partial charge is 0.276 e. The van der Waals surface area contributed by atoms with Gasteiger partial charge in [-0.25, -0.2) is 13.4 Å². The topological polar surface area (TPSA) is 88.1 Å². The molecule has 0 fully saturated rings. The van der Waals surface area contributed by atoms with E-state index in [-0.39, 0.29) is 38.6 Å². The average Bonchev–Trinajstić information content (AvgIpc) is 3.17. The molecule has 0 unspecified atom stereocenters. The van der Waals surface area contributed by atoms with Gasteiger partial charge in [-0.1, -0.05) is 29.3 Å². The highest BCUT2D eigenvalue weighted by Crippen LogP contribution is 2.39. The SMILES string of the molecule is CN1N=CC(=C(Cl)c2ccc(S(C)(=O)=O)c(C3=CCON3)c2Cl)C1=O. The number of likely N-dealkylation sites (N-methyl/N-ethyl adjacent to an activating group) is 1. The number of hydrazone groups is 1. The van der Waals surface area contributed by atoms with E-state index in [1.807, 2.05) is 0 Å². The molecule has 0 spiro atoms. The minimum absolute atomic E-state index is 0.0310. The van der Waals surface area contributed by atoms with Crippen LogP contribution in [0, 0.1) is 0 Å². The van der Waals surface area contributed by atoms with Gasteiger partial charge in [0, 0.05) is 24.4 Å². The zero-order valence-electron chi connectivity index (χ0n) is 13.2. The van der Waals surface area contributed by atoms with Crippen LogP contribution >= 0.6 is 23.2 Å². The van der Waals surface area contributed by atoms with Crippen molar-refractivity contribution in [3.8, 4) is 0 Å². The lowest BCUT2D eigenvalue weighted by Gasteiger charge is -2.15. The third-order valence-electron chi connectivity index (χ3n) is 3.68. The number of halogens is 2. The molecule has 132 valence electrons. The summed E-state index contributed by atoms with van der Waals surface area (Å²) in [6.45, 7) is 0.268. The van der Waals surface area contributed by atoms with Crippen molar-refractivity contribution in [1.82, 2.24) is 10.5 Å². The molecule has 1 amide bonds. The van der Waals surface area contributed by atoms with Crippen molar-refractivity contribution < 1.29 is 18.0 Å². The highest BCUT2D eigenvalue weighted by Gasteiger charge is 2.28. The maximum Gasteiger partial charge on any atom is 0.276 e. The fourth-order valence-electron chi connectivity index (χ4n) is 2.45. The zero-order valence-corrected chi connectivity index (χ0v) is 15.5. The summed E-state index contributed by atoms with van der Waals surface area (Å²) in [6, 6.07) is 2.86. The summed E-state index contributed by atoms with van der Waals surface area (Å²) in [5.74, 6) is -0.378. The summed E-state index contributed by atoms with van der Waals surface area (Å²) in [5, 5.41) is 5.20. The first-order valence-electron chi connectivity index (χ1n) is 7.05. The Balaban J connectivity index is 2.25. The van der Waals surface area contributed by atoms with Crippen molar-refractivity contribution in [2.24, 2.45) is 5.10 Å². The first-order valence-corrected chi connectivity index (χ1v) is 9.69. The molecule has 25 heavy (non-hydrogen) atoms. The molecule has 10 heteroatoms. The lowest BCUT2D eigenvalue weighted by Crippen LogP contribution is -2.17. The van der Waals surface area contributed by atoms with Crippen LogP contribution in [0.1, 0.15) is 11.1 Å². The van der Waals surface area contributed by atoms with Gasteiger partial charge in [-0.15, -0.1) is 0 Å². The summed E-state index contributed by atoms with van der Waals surface area (Å²) in [6.07, 6.45) is 4.08. The molecule has 3 rings (SSSR count). The fourth-order valence-corrected chi connectivity index (χ4v) is 4.10. The maximum absolute atomic E-state index is 12.1. The first-order chi connectivity index (χ1) is 11.7. The van der Waals surface area contributed by atoms with Crippen molar-refractivity contribution in [2.75, 3.05) is 19.9 Å². The van der Waals surface area contributed by atoms with Crippen LogP contribution in [0.4, 0.5) is 0 Å². The molecular weight excluding hydrogens is 389 g/mol. The summed E-state index contributed by atoms with van der Waals surface area (Å²) < 4.78 is 24.2. The van der Waals surface area contributed by atoms with Crippen LogP contribution in [-0.4, -0.2) is 45.5 Å². The predicted octanol–water partition coefficient (Wildman–Crippen LogP) is 2.03. The second kappa shape index (κ2) is 6.45. The van der Waals surface area contributed by atoms with E-state index >= 15 is 0 Å². The van der Waals surface area contributed by atoms with E-state index in [2.05, 4.69) is 10.6 Å². The Morgan fingerprint density at radius 2 is 2.12 bits per heavy atom. The van der Waals surface area contributed by atoms with Gasteiger partial charge in [-0.05, 0) is 12.1 Å². The van der Waals surface area contributed by atoms with E-state index in [0.29, 0.717) is 11.3 Å². The highest BCUT2D eigenvalue weighted by molar-refractivity contribution is 7.90. The van der Waals surface area contributed by atoms with Gasteiger partial charge in [-0.3, -0.25) is 15.1 Å². The Morgan fingerprint density at radius 1 is 1.40 bits per heavy atom. The molecule has 0 atom stereocenters. The van der Waals surface area contributed by atoms with E-state index in [9.17, 15) is 13.2 Å². The standard InChI is InChI=1S/C15H13Cl2N3O4S/c1-20-15(21)9(7-18-20)13(16)8-3-4-11(25(2,22)23)12(14(8)17)10-5-6-24-19-10/h3-5,7,19H,6H2,1-2H3. The van der Waals surface area contributed by atoms with Crippen LogP contribution in [0.15, 0.2) is 33.8 Å². The summed E-state index contributed by atoms with van der Waals surface area (Å²) in [7, 11) is -2.06. The molecule has 1 N–H and O–H groups in total. The third-order valence-corrected chi connectivity index (χ3v) is 5.62. The van der Waals surface area contributed by atoms with E-state index in [1.54, 1.807) is 6.08 Å². The second-order valence-electron chi connectivity index (χ2n) is 5.40. The Hall–Kier alpha value is -1.87. The van der Waals surface area contributed by atoms with Crippen molar-refractivity contribution in [3.05, 3.63) is 39.9 Å². The number of carbonyl (C=O) groups excluding carboxylic acids is 1. The van der Waals surface area contributed by atoms with Crippen LogP contribution in [0.25, 0.3) is 10.7 Å². The van der Waals surface area contributed by atoms with Crippen molar-refractivity contribution >= 4 is 55.9 Å². The monoisotopic (exact) mass is 401 g/mol. The molecule has 0 bridgehead atoms. The molecule has 1 aromatic carbocycles. The lowest BCUT2D eigenvalue weighted by atomic mass is 10.0. The molecule has 0 aromatic heterocycles. The third kappa shape index (κ3) is 3.18. The number of sulfone groups is 1. The van der Waals surface area contributed by atoms with E-state index < -0.39 is 9.84 Å². The number of hydrogen-bond acceptors (Lipinski definition) is 6. The predicted molar refractivity (Wildman–Crippen MR) is 95.7 cm³/mol. The second-order valence-corrected chi connectivity index (χ2v) is 8.14. The Morgan fingerprint density at radius 3 is 2.64 bits per heavy atom. The van der Waals surface area contributed by atoms with Crippen molar-refractivity contribution in [3.63, 3.8) is 0 Å². The van der Waals surface area contributed by atoms with Gasteiger partial charge in [-0.2, -0.15) is 5.10 Å². The van der Waals surface area contributed by atoms with E-state index in [1.165, 1.54) is 25.4 Å². The van der Waals surface area contributed by atoms with Crippen LogP contribution < -0.4 is 5.48 Å². The number of nitrogens with one attached hydrogen (secondary N) is 1. The highest BCUT2D eigenvalue weighted by atomic mass is 35.5. The number of amides is 1. The van der Waals surface area contributed by atoms with Crippen LogP contribution in [0.3, 0.4) is 0 Å². The molecule has 2 aliphatic rings. The van der Waals surface area contributed by atoms with E-state index in [4.69, 9.17) is 28.0 Å². The number of carbonyl (C=O) groups is 1. The molecule has 0 radical (unpaired) electrons. The van der Waals surface area contributed by atoms with Gasteiger partial charge in [0.15, 0.2) is 9.84 Å². The fraction of sp³-hybridized carbons (Fsp3) is 0.200. The Labute approximate surface area is 154 Å². The number of hydrogen-bond donors (Lipinski definition) is 1. The average molecular weight is 402 g/mol. The smallest absolute Gasteiger partial charge is 0.272 e. The van der Waals surface area contributed by atoms with Crippen molar-refractivity contribution in [1.29, 1.82) is 0 Å². The molecule has 0 saturated carbocycles. The van der Waals surface area contributed by atoms with Gasteiger partial charge in [0.2, 0.25) is 0 Å². The van der Waals surface area contributed by atoms with E-state index in [0.717, 1.165) is 11.3 Å². The summed E-state index contributed by atoms with van der Waals surface area (Å²) >= 11 is 12.8. The number of benzene rings is 1. The normalized spacial score (nSPS) is 19.3. The molecule has 2 aliphatic heterocycles. The number of nitrogens with zero attached hydrogens (tertiary/aromatic N) is 2. The Bertz CT molecular complexity index is 967. The van der Waals surface area contributed by atoms with Gasteiger partial charge in [0.1, 0.15) is 0 Å². The molecule has 7 nitrogen and oxygen atoms in total. The quantitative estimate of drug-likeness (QED) is 0.782. The van der Waals surface area contributed by atoms with Gasteiger partial charge in [0.05, 0.1) is 39.0 Å². The first kappa shape index (κ1) is 17.9. The number of rotatable bonds is 3.